The summed E-state index contributed by atoms with van der Waals surface area (Å²) in [5.41, 5.74) is 0. The Labute approximate surface area is 115 Å². The lowest BCUT2D eigenvalue weighted by atomic mass is 10.5. The molecule has 0 aliphatic rings. The first-order chi connectivity index (χ1) is 8.85. The van der Waals surface area contributed by atoms with Crippen molar-refractivity contribution in [1.29, 1.82) is 0 Å². The molecule has 0 amide bonds. The van der Waals surface area contributed by atoms with Gasteiger partial charge in [0, 0.05) is 17.1 Å². The standard InChI is InChI=1S/C12H24NO5P/c1-5-7-12(14)16-9-6-10-17-19(15)18-11-8-13(2,3)4/h5,7H,6,8-11H2,1-4H3/q+2. The van der Waals surface area contributed by atoms with Crippen LogP contribution in [0.4, 0.5) is 0 Å². The van der Waals surface area contributed by atoms with Crippen molar-refractivity contribution in [3.63, 3.8) is 0 Å². The molecule has 0 N–H and O–H groups in total. The van der Waals surface area contributed by atoms with E-state index in [2.05, 4.69) is 0 Å². The lowest BCUT2D eigenvalue weighted by molar-refractivity contribution is -0.870. The summed E-state index contributed by atoms with van der Waals surface area (Å²) < 4.78 is 26.9. The second-order valence-electron chi connectivity index (χ2n) is 4.93. The summed E-state index contributed by atoms with van der Waals surface area (Å²) in [6.45, 7) is 3.36. The molecule has 0 aromatic heterocycles. The molecule has 0 rings (SSSR count). The highest BCUT2D eigenvalue weighted by molar-refractivity contribution is 7.33. The van der Waals surface area contributed by atoms with E-state index in [9.17, 15) is 9.36 Å². The fraction of sp³-hybridized carbons (Fsp3) is 0.750. The predicted octanol–water partition coefficient (Wildman–Crippen LogP) is 1.89. The molecule has 1 atom stereocenters. The van der Waals surface area contributed by atoms with Crippen LogP contribution in [0.1, 0.15) is 13.3 Å². The number of nitrogens with zero attached hydrogens (tertiary/aromatic N) is 1. The van der Waals surface area contributed by atoms with Gasteiger partial charge in [-0.2, -0.15) is 0 Å². The molecule has 0 aromatic carbocycles. The Morgan fingerprint density at radius 2 is 1.79 bits per heavy atom. The van der Waals surface area contributed by atoms with Crippen molar-refractivity contribution in [2.75, 3.05) is 47.5 Å². The Kier molecular flexibility index (Phi) is 9.61. The van der Waals surface area contributed by atoms with Crippen LogP contribution in [0.15, 0.2) is 12.2 Å². The number of quaternary nitrogens is 1. The molecule has 0 aliphatic heterocycles. The van der Waals surface area contributed by atoms with E-state index in [-0.39, 0.29) is 19.2 Å². The third kappa shape index (κ3) is 13.4. The summed E-state index contributed by atoms with van der Waals surface area (Å²) in [6, 6.07) is 0. The van der Waals surface area contributed by atoms with E-state index < -0.39 is 8.25 Å². The number of carbonyl (C=O) groups excluding carboxylic acids is 1. The van der Waals surface area contributed by atoms with Crippen molar-refractivity contribution in [2.45, 2.75) is 13.3 Å². The smallest absolute Gasteiger partial charge is 0.462 e. The van der Waals surface area contributed by atoms with Gasteiger partial charge in [-0.3, -0.25) is 0 Å². The zero-order chi connectivity index (χ0) is 14.7. The van der Waals surface area contributed by atoms with Crippen LogP contribution in [0.5, 0.6) is 0 Å². The van der Waals surface area contributed by atoms with Gasteiger partial charge in [0.2, 0.25) is 0 Å². The Morgan fingerprint density at radius 3 is 2.37 bits per heavy atom. The van der Waals surface area contributed by atoms with Crippen LogP contribution in [-0.4, -0.2) is 58.0 Å². The van der Waals surface area contributed by atoms with E-state index in [4.69, 9.17) is 13.8 Å². The maximum Gasteiger partial charge on any atom is 0.697 e. The Balaban J connectivity index is 3.46. The molecule has 1 unspecified atom stereocenters. The van der Waals surface area contributed by atoms with Crippen LogP contribution in [0.3, 0.4) is 0 Å². The van der Waals surface area contributed by atoms with Crippen LogP contribution in [0.25, 0.3) is 0 Å². The molecule has 0 aliphatic carbocycles. The summed E-state index contributed by atoms with van der Waals surface area (Å²) in [5, 5.41) is 0. The molecule has 110 valence electrons. The van der Waals surface area contributed by atoms with E-state index in [1.165, 1.54) is 6.08 Å². The fourth-order valence-corrected chi connectivity index (χ4v) is 1.56. The largest absolute Gasteiger partial charge is 0.697 e. The van der Waals surface area contributed by atoms with Crippen LogP contribution >= 0.6 is 8.25 Å². The highest BCUT2D eigenvalue weighted by Gasteiger charge is 2.21. The molecule has 0 heterocycles. The Morgan fingerprint density at radius 1 is 1.16 bits per heavy atom. The van der Waals surface area contributed by atoms with Crippen molar-refractivity contribution in [3.8, 4) is 0 Å². The minimum atomic E-state index is -2.09. The summed E-state index contributed by atoms with van der Waals surface area (Å²) in [7, 11) is 3.99. The van der Waals surface area contributed by atoms with Crippen LogP contribution in [-0.2, 0) is 23.1 Å². The number of carbonyl (C=O) groups is 1. The molecular formula is C12H24NO5P+2. The molecule has 0 aromatic rings. The van der Waals surface area contributed by atoms with E-state index >= 15 is 0 Å². The first-order valence-corrected chi connectivity index (χ1v) is 7.27. The average molecular weight is 293 g/mol. The van der Waals surface area contributed by atoms with Gasteiger partial charge in [0.15, 0.2) is 6.61 Å². The minimum absolute atomic E-state index is 0.239. The second kappa shape index (κ2) is 10.0. The first kappa shape index (κ1) is 18.2. The number of allylic oxidation sites excluding steroid dienone is 1. The number of esters is 1. The number of hydrogen-bond acceptors (Lipinski definition) is 5. The summed E-state index contributed by atoms with van der Waals surface area (Å²) in [5.74, 6) is -0.383. The van der Waals surface area contributed by atoms with E-state index in [0.717, 1.165) is 11.0 Å². The SMILES string of the molecule is CC=CC(=O)OCCCO[P+](=O)OCC[N+](C)(C)C. The molecule has 6 nitrogen and oxygen atoms in total. The number of hydrogen-bond donors (Lipinski definition) is 0. The second-order valence-corrected chi connectivity index (χ2v) is 5.89. The normalized spacial score (nSPS) is 12.7. The van der Waals surface area contributed by atoms with Gasteiger partial charge >= 0.3 is 14.2 Å². The van der Waals surface area contributed by atoms with Gasteiger partial charge in [-0.25, -0.2) is 4.79 Å². The topological polar surface area (TPSA) is 61.8 Å². The maximum atomic E-state index is 11.3. The molecule has 7 heteroatoms. The van der Waals surface area contributed by atoms with E-state index in [0.29, 0.717) is 13.0 Å². The third-order valence-corrected chi connectivity index (χ3v) is 2.78. The molecule has 0 radical (unpaired) electrons. The van der Waals surface area contributed by atoms with Gasteiger partial charge in [0.25, 0.3) is 0 Å². The van der Waals surface area contributed by atoms with E-state index in [1.807, 2.05) is 21.1 Å². The van der Waals surface area contributed by atoms with Gasteiger partial charge in [-0.1, -0.05) is 6.08 Å². The third-order valence-electron chi connectivity index (χ3n) is 1.99. The van der Waals surface area contributed by atoms with Gasteiger partial charge < -0.3 is 9.22 Å². The minimum Gasteiger partial charge on any atom is -0.462 e. The summed E-state index contributed by atoms with van der Waals surface area (Å²) in [4.78, 5) is 10.9. The van der Waals surface area contributed by atoms with Gasteiger partial charge in [-0.15, -0.1) is 9.05 Å². The van der Waals surface area contributed by atoms with Gasteiger partial charge in [0.05, 0.1) is 27.7 Å². The molecule has 0 fully saturated rings. The Hall–Kier alpha value is -0.810. The van der Waals surface area contributed by atoms with Crippen molar-refractivity contribution >= 4 is 14.2 Å². The maximum absolute atomic E-state index is 11.3. The fourth-order valence-electron chi connectivity index (χ4n) is 0.981. The highest BCUT2D eigenvalue weighted by Crippen LogP contribution is 2.23. The first-order valence-electron chi connectivity index (χ1n) is 6.18. The quantitative estimate of drug-likeness (QED) is 0.202. The number of rotatable bonds is 10. The van der Waals surface area contributed by atoms with Crippen LogP contribution < -0.4 is 0 Å². The molecule has 19 heavy (non-hydrogen) atoms. The molecule has 0 bridgehead atoms. The van der Waals surface area contributed by atoms with Crippen molar-refractivity contribution in [2.24, 2.45) is 0 Å². The predicted molar refractivity (Wildman–Crippen MR) is 72.8 cm³/mol. The van der Waals surface area contributed by atoms with Gasteiger partial charge in [-0.05, 0) is 6.92 Å². The van der Waals surface area contributed by atoms with Crippen molar-refractivity contribution < 1.29 is 27.6 Å². The zero-order valence-electron chi connectivity index (χ0n) is 12.1. The van der Waals surface area contributed by atoms with Crippen LogP contribution in [0.2, 0.25) is 0 Å². The summed E-state index contributed by atoms with van der Waals surface area (Å²) in [6.07, 6.45) is 3.44. The van der Waals surface area contributed by atoms with Crippen molar-refractivity contribution in [1.82, 2.24) is 0 Å². The Bertz CT molecular complexity index is 312. The van der Waals surface area contributed by atoms with Gasteiger partial charge in [0.1, 0.15) is 13.2 Å². The van der Waals surface area contributed by atoms with E-state index in [1.54, 1.807) is 13.0 Å². The zero-order valence-corrected chi connectivity index (χ0v) is 13.0. The molecule has 0 saturated carbocycles. The molecule has 0 saturated heterocycles. The number of likely N-dealkylation sites (N-methyl/N-ethyl adjacent to an activating group) is 1. The van der Waals surface area contributed by atoms with Crippen molar-refractivity contribution in [3.05, 3.63) is 12.2 Å². The number of ether oxygens (including phenoxy) is 1. The van der Waals surface area contributed by atoms with Crippen LogP contribution in [0, 0.1) is 0 Å². The molecule has 0 spiro atoms. The molecular weight excluding hydrogens is 269 g/mol. The lowest BCUT2D eigenvalue weighted by Crippen LogP contribution is -2.37. The lowest BCUT2D eigenvalue weighted by Gasteiger charge is -2.21. The highest BCUT2D eigenvalue weighted by atomic mass is 31.1. The average Bonchev–Trinajstić information content (AvgIpc) is 2.27. The summed E-state index contributed by atoms with van der Waals surface area (Å²) >= 11 is 0. The monoisotopic (exact) mass is 293 g/mol.